The molecule has 2 aromatic rings. The number of aromatic nitrogens is 1. The molecule has 0 saturated heterocycles. The van der Waals surface area contributed by atoms with Crippen molar-refractivity contribution >= 4 is 23.3 Å². The normalized spacial score (nSPS) is 11.8. The second-order valence-electron chi connectivity index (χ2n) is 7.28. The van der Waals surface area contributed by atoms with Gasteiger partial charge in [0.2, 0.25) is 5.78 Å². The van der Waals surface area contributed by atoms with E-state index in [0.717, 1.165) is 17.5 Å². The van der Waals surface area contributed by atoms with E-state index < -0.39 is 29.4 Å². The minimum absolute atomic E-state index is 0.0426. The molecule has 0 bridgehead atoms. The predicted molar refractivity (Wildman–Crippen MR) is 110 cm³/mol. The van der Waals surface area contributed by atoms with Crippen molar-refractivity contribution in [3.8, 4) is 0 Å². The minimum atomic E-state index is -1.03. The molecule has 1 aromatic heterocycles. The fraction of sp³-hybridized carbons (Fsp3) is 0.381. The van der Waals surface area contributed by atoms with Gasteiger partial charge in [-0.3, -0.25) is 19.7 Å². The van der Waals surface area contributed by atoms with Crippen LogP contribution < -0.4 is 5.32 Å². The van der Waals surface area contributed by atoms with E-state index in [1.165, 1.54) is 25.1 Å². The Morgan fingerprint density at radius 1 is 1.17 bits per heavy atom. The highest BCUT2D eigenvalue weighted by molar-refractivity contribution is 6.00. The zero-order valence-corrected chi connectivity index (χ0v) is 17.6. The SMILES string of the molecule is Cc1cc(C(=O)COC(=O)[C@H](C)NC(=O)c2cccc([N+](=O)[O-])c2)c(C)n1C(C)C. The zero-order chi connectivity index (χ0) is 22.6. The van der Waals surface area contributed by atoms with Gasteiger partial charge in [0.05, 0.1) is 4.92 Å². The van der Waals surface area contributed by atoms with Crippen LogP contribution in [0, 0.1) is 24.0 Å². The molecule has 160 valence electrons. The Labute approximate surface area is 174 Å². The van der Waals surface area contributed by atoms with Gasteiger partial charge in [-0.25, -0.2) is 4.79 Å². The Bertz CT molecular complexity index is 993. The number of carbonyl (C=O) groups excluding carboxylic acids is 3. The quantitative estimate of drug-likeness (QED) is 0.306. The molecule has 1 heterocycles. The maximum Gasteiger partial charge on any atom is 0.328 e. The molecular formula is C21H25N3O6. The number of nitrogens with zero attached hydrogens (tertiary/aromatic N) is 2. The van der Waals surface area contributed by atoms with Gasteiger partial charge in [-0.2, -0.15) is 0 Å². The van der Waals surface area contributed by atoms with Crippen molar-refractivity contribution in [3.05, 3.63) is 63.0 Å². The van der Waals surface area contributed by atoms with E-state index in [4.69, 9.17) is 4.74 Å². The minimum Gasteiger partial charge on any atom is -0.456 e. The molecule has 1 aromatic carbocycles. The number of carbonyl (C=O) groups is 3. The van der Waals surface area contributed by atoms with Crippen LogP contribution in [0.25, 0.3) is 0 Å². The van der Waals surface area contributed by atoms with Gasteiger partial charge in [0, 0.05) is 40.7 Å². The van der Waals surface area contributed by atoms with Crippen LogP contribution in [0.2, 0.25) is 0 Å². The first-order valence-electron chi connectivity index (χ1n) is 9.46. The number of esters is 1. The molecule has 0 radical (unpaired) electrons. The molecule has 30 heavy (non-hydrogen) atoms. The number of hydrogen-bond acceptors (Lipinski definition) is 6. The maximum atomic E-state index is 12.5. The highest BCUT2D eigenvalue weighted by Gasteiger charge is 2.22. The molecule has 0 aliphatic heterocycles. The average molecular weight is 415 g/mol. The Balaban J connectivity index is 1.97. The fourth-order valence-electron chi connectivity index (χ4n) is 3.29. The average Bonchev–Trinajstić information content (AvgIpc) is 2.99. The summed E-state index contributed by atoms with van der Waals surface area (Å²) in [6.07, 6.45) is 0. The molecule has 1 N–H and O–H groups in total. The summed E-state index contributed by atoms with van der Waals surface area (Å²) in [5, 5.41) is 13.2. The third-order valence-corrected chi connectivity index (χ3v) is 4.67. The van der Waals surface area contributed by atoms with E-state index in [1.807, 2.05) is 32.3 Å². The van der Waals surface area contributed by atoms with Gasteiger partial charge in [-0.1, -0.05) is 6.07 Å². The second kappa shape index (κ2) is 9.34. The summed E-state index contributed by atoms with van der Waals surface area (Å²) in [4.78, 5) is 47.1. The number of ketones is 1. The Morgan fingerprint density at radius 2 is 1.83 bits per heavy atom. The molecule has 1 amide bonds. The third-order valence-electron chi connectivity index (χ3n) is 4.67. The van der Waals surface area contributed by atoms with Gasteiger partial charge < -0.3 is 14.6 Å². The van der Waals surface area contributed by atoms with Crippen LogP contribution in [0.15, 0.2) is 30.3 Å². The number of benzene rings is 1. The number of amides is 1. The van der Waals surface area contributed by atoms with Gasteiger partial charge in [-0.05, 0) is 46.8 Å². The summed E-state index contributed by atoms with van der Waals surface area (Å²) >= 11 is 0. The monoisotopic (exact) mass is 415 g/mol. The summed E-state index contributed by atoms with van der Waals surface area (Å²) in [6, 6.07) is 6.07. The van der Waals surface area contributed by atoms with Crippen LogP contribution in [-0.4, -0.2) is 39.8 Å². The number of nitrogens with one attached hydrogen (secondary N) is 1. The maximum absolute atomic E-state index is 12.5. The zero-order valence-electron chi connectivity index (χ0n) is 17.6. The number of non-ortho nitro benzene ring substituents is 1. The molecule has 0 fully saturated rings. The first kappa shape index (κ1) is 22.8. The number of aryl methyl sites for hydroxylation is 1. The van der Waals surface area contributed by atoms with Crippen molar-refractivity contribution in [2.45, 2.75) is 46.7 Å². The Morgan fingerprint density at radius 3 is 2.40 bits per heavy atom. The fourth-order valence-corrected chi connectivity index (χ4v) is 3.29. The number of hydrogen-bond donors (Lipinski definition) is 1. The highest BCUT2D eigenvalue weighted by Crippen LogP contribution is 2.20. The van der Waals surface area contributed by atoms with Gasteiger partial charge in [0.1, 0.15) is 6.04 Å². The van der Waals surface area contributed by atoms with Crippen molar-refractivity contribution in [2.75, 3.05) is 6.61 Å². The number of Topliss-reactive ketones (excluding diaryl/α,β-unsaturated/α-hetero) is 1. The summed E-state index contributed by atoms with van der Waals surface area (Å²) in [5.74, 6) is -1.77. The molecule has 9 nitrogen and oxygen atoms in total. The van der Waals surface area contributed by atoms with Crippen LogP contribution in [0.5, 0.6) is 0 Å². The van der Waals surface area contributed by atoms with Gasteiger partial charge in [0.25, 0.3) is 11.6 Å². The first-order valence-corrected chi connectivity index (χ1v) is 9.46. The molecule has 0 saturated carbocycles. The van der Waals surface area contributed by atoms with Gasteiger partial charge in [0.15, 0.2) is 6.61 Å². The van der Waals surface area contributed by atoms with E-state index in [0.29, 0.717) is 5.56 Å². The Kier molecular flexibility index (Phi) is 7.10. The molecular weight excluding hydrogens is 390 g/mol. The van der Waals surface area contributed by atoms with Crippen LogP contribution in [0.4, 0.5) is 5.69 Å². The van der Waals surface area contributed by atoms with E-state index >= 15 is 0 Å². The van der Waals surface area contributed by atoms with Crippen LogP contribution in [-0.2, 0) is 9.53 Å². The lowest BCUT2D eigenvalue weighted by atomic mass is 10.1. The highest BCUT2D eigenvalue weighted by atomic mass is 16.6. The van der Waals surface area contributed by atoms with Crippen molar-refractivity contribution < 1.29 is 24.0 Å². The Hall–Kier alpha value is -3.49. The summed E-state index contributed by atoms with van der Waals surface area (Å²) < 4.78 is 7.09. The molecule has 2 rings (SSSR count). The lowest BCUT2D eigenvalue weighted by Gasteiger charge is -2.14. The van der Waals surface area contributed by atoms with Gasteiger partial charge >= 0.3 is 5.97 Å². The lowest BCUT2D eigenvalue weighted by molar-refractivity contribution is -0.384. The largest absolute Gasteiger partial charge is 0.456 e. The predicted octanol–water partition coefficient (Wildman–Crippen LogP) is 3.14. The number of nitro groups is 1. The summed E-state index contributed by atoms with van der Waals surface area (Å²) in [7, 11) is 0. The summed E-state index contributed by atoms with van der Waals surface area (Å²) in [5.41, 5.74) is 2.04. The molecule has 0 unspecified atom stereocenters. The van der Waals surface area contributed by atoms with E-state index in [1.54, 1.807) is 6.07 Å². The number of nitro benzene ring substituents is 1. The standard InChI is InChI=1S/C21H25N3O6/c1-12(2)23-13(3)9-18(15(23)5)19(25)11-30-21(27)14(4)22-20(26)16-7-6-8-17(10-16)24(28)29/h6-10,12,14H,11H2,1-5H3,(H,22,26)/t14-/m0/s1. The second-order valence-corrected chi connectivity index (χ2v) is 7.28. The van der Waals surface area contributed by atoms with Crippen molar-refractivity contribution in [2.24, 2.45) is 0 Å². The van der Waals surface area contributed by atoms with Crippen LogP contribution >= 0.6 is 0 Å². The van der Waals surface area contributed by atoms with Crippen LogP contribution in [0.3, 0.4) is 0 Å². The smallest absolute Gasteiger partial charge is 0.328 e. The van der Waals surface area contributed by atoms with E-state index in [2.05, 4.69) is 5.32 Å². The van der Waals surface area contributed by atoms with Crippen molar-refractivity contribution in [1.82, 2.24) is 9.88 Å². The van der Waals surface area contributed by atoms with Crippen molar-refractivity contribution in [1.29, 1.82) is 0 Å². The van der Waals surface area contributed by atoms with E-state index in [-0.39, 0.29) is 23.1 Å². The molecule has 0 aliphatic rings. The molecule has 9 heteroatoms. The topological polar surface area (TPSA) is 121 Å². The lowest BCUT2D eigenvalue weighted by Crippen LogP contribution is -2.40. The van der Waals surface area contributed by atoms with Crippen LogP contribution in [0.1, 0.15) is 58.9 Å². The summed E-state index contributed by atoms with van der Waals surface area (Å²) in [6.45, 7) is 8.73. The molecule has 0 aliphatic carbocycles. The van der Waals surface area contributed by atoms with E-state index in [9.17, 15) is 24.5 Å². The van der Waals surface area contributed by atoms with Crippen molar-refractivity contribution in [3.63, 3.8) is 0 Å². The number of ether oxygens (including phenoxy) is 1. The number of rotatable bonds is 8. The first-order chi connectivity index (χ1) is 14.0. The van der Waals surface area contributed by atoms with Gasteiger partial charge in [-0.15, -0.1) is 0 Å². The molecule has 1 atom stereocenters. The molecule has 0 spiro atoms. The third kappa shape index (κ3) is 5.11.